The summed E-state index contributed by atoms with van der Waals surface area (Å²) in [6, 6.07) is 13.5. The molecule has 0 amide bonds. The van der Waals surface area contributed by atoms with Crippen molar-refractivity contribution in [1.82, 2.24) is 24.3 Å². The molecular formula is C27H35N5O. The van der Waals surface area contributed by atoms with Gasteiger partial charge in [0.15, 0.2) is 0 Å². The number of rotatable bonds is 6. The number of aromatic nitrogens is 3. The minimum absolute atomic E-state index is 0.435. The molecule has 0 spiro atoms. The van der Waals surface area contributed by atoms with E-state index in [1.165, 1.54) is 48.3 Å². The first-order valence-corrected chi connectivity index (χ1v) is 12.8. The van der Waals surface area contributed by atoms with E-state index in [1.807, 2.05) is 6.20 Å². The molecule has 174 valence electrons. The maximum atomic E-state index is 5.51. The number of imidazole rings is 1. The average molecular weight is 446 g/mol. The molecule has 0 saturated carbocycles. The van der Waals surface area contributed by atoms with Crippen molar-refractivity contribution in [1.29, 1.82) is 0 Å². The van der Waals surface area contributed by atoms with E-state index in [1.54, 1.807) is 0 Å². The van der Waals surface area contributed by atoms with E-state index in [0.29, 0.717) is 6.04 Å². The molecule has 2 fully saturated rings. The highest BCUT2D eigenvalue weighted by Crippen LogP contribution is 2.43. The van der Waals surface area contributed by atoms with Crippen LogP contribution in [-0.4, -0.2) is 63.7 Å². The van der Waals surface area contributed by atoms with E-state index < -0.39 is 0 Å². The van der Waals surface area contributed by atoms with Gasteiger partial charge in [0.1, 0.15) is 5.82 Å². The van der Waals surface area contributed by atoms with Crippen LogP contribution < -0.4 is 0 Å². The number of pyridine rings is 1. The fraction of sp³-hybridized carbons (Fsp3) is 0.556. The Bertz CT molecular complexity index is 1090. The highest BCUT2D eigenvalue weighted by Gasteiger charge is 2.38. The molecule has 4 heterocycles. The van der Waals surface area contributed by atoms with Crippen molar-refractivity contribution < 1.29 is 4.74 Å². The van der Waals surface area contributed by atoms with Gasteiger partial charge >= 0.3 is 0 Å². The topological polar surface area (TPSA) is 46.4 Å². The summed E-state index contributed by atoms with van der Waals surface area (Å²) < 4.78 is 8.00. The summed E-state index contributed by atoms with van der Waals surface area (Å²) in [5.74, 6) is 1.93. The molecule has 2 unspecified atom stereocenters. The Morgan fingerprint density at radius 2 is 1.88 bits per heavy atom. The maximum absolute atomic E-state index is 5.51. The van der Waals surface area contributed by atoms with E-state index in [9.17, 15) is 0 Å². The third-order valence-electron chi connectivity index (χ3n) is 7.89. The number of hydrogen-bond acceptors (Lipinski definition) is 5. The maximum Gasteiger partial charge on any atom is 0.124 e. The van der Waals surface area contributed by atoms with Gasteiger partial charge in [-0.2, -0.15) is 0 Å². The van der Waals surface area contributed by atoms with Crippen LogP contribution in [0.1, 0.15) is 48.8 Å². The summed E-state index contributed by atoms with van der Waals surface area (Å²) in [6.45, 7) is 8.03. The Morgan fingerprint density at radius 3 is 2.82 bits per heavy atom. The monoisotopic (exact) mass is 445 g/mol. The molecule has 1 aliphatic carbocycles. The first kappa shape index (κ1) is 21.3. The standard InChI is InChI=1S/C27H35N5O/c1-2-9-24-23(8-1)29-25(32(24)15-5-13-30-16-18-33-19-17-30)20-31-14-4-7-22-11-10-21-6-3-12-28-26(21)27(22)31/h1-3,6,8-9,12,22,27H,4-5,7,10-11,13-20H2. The second-order valence-electron chi connectivity index (χ2n) is 9.88. The van der Waals surface area contributed by atoms with Gasteiger partial charge in [-0.3, -0.25) is 14.8 Å². The van der Waals surface area contributed by atoms with Crippen molar-refractivity contribution in [3.05, 3.63) is 59.7 Å². The Labute approximate surface area is 196 Å². The number of morpholine rings is 1. The highest BCUT2D eigenvalue weighted by molar-refractivity contribution is 5.75. The molecule has 3 aromatic rings. The molecular weight excluding hydrogens is 410 g/mol. The zero-order valence-corrected chi connectivity index (χ0v) is 19.5. The Morgan fingerprint density at radius 1 is 0.970 bits per heavy atom. The van der Waals surface area contributed by atoms with Gasteiger partial charge in [0.05, 0.1) is 42.5 Å². The highest BCUT2D eigenvalue weighted by atomic mass is 16.5. The second-order valence-corrected chi connectivity index (χ2v) is 9.88. The first-order chi connectivity index (χ1) is 16.4. The van der Waals surface area contributed by atoms with Crippen molar-refractivity contribution >= 4 is 11.0 Å². The Hall–Kier alpha value is -2.28. The normalized spacial score (nSPS) is 24.0. The van der Waals surface area contributed by atoms with Gasteiger partial charge in [-0.25, -0.2) is 4.98 Å². The van der Waals surface area contributed by atoms with Gasteiger partial charge in [-0.15, -0.1) is 0 Å². The summed E-state index contributed by atoms with van der Waals surface area (Å²) in [4.78, 5) is 15.2. The average Bonchev–Trinajstić information content (AvgIpc) is 3.21. The molecule has 6 heteroatoms. The SMILES string of the molecule is c1cnc2c(c1)CCC1CCCN(Cc3nc4ccccc4n3CCCN3CCOCC3)C21. The van der Waals surface area contributed by atoms with Crippen molar-refractivity contribution in [3.63, 3.8) is 0 Å². The molecule has 6 nitrogen and oxygen atoms in total. The van der Waals surface area contributed by atoms with Crippen LogP contribution in [0.3, 0.4) is 0 Å². The number of piperidine rings is 1. The summed E-state index contributed by atoms with van der Waals surface area (Å²) in [5.41, 5.74) is 5.16. The molecule has 1 aromatic carbocycles. The van der Waals surface area contributed by atoms with Crippen LogP contribution in [0.25, 0.3) is 11.0 Å². The quantitative estimate of drug-likeness (QED) is 0.573. The Balaban J connectivity index is 1.25. The van der Waals surface area contributed by atoms with E-state index >= 15 is 0 Å². The van der Waals surface area contributed by atoms with Gasteiger partial charge in [-0.05, 0) is 68.3 Å². The van der Waals surface area contributed by atoms with E-state index in [4.69, 9.17) is 14.7 Å². The first-order valence-electron chi connectivity index (χ1n) is 12.8. The van der Waals surface area contributed by atoms with Crippen LogP contribution in [0, 0.1) is 5.92 Å². The number of likely N-dealkylation sites (tertiary alicyclic amines) is 1. The van der Waals surface area contributed by atoms with Crippen molar-refractivity contribution in [2.45, 2.75) is 51.2 Å². The van der Waals surface area contributed by atoms with Gasteiger partial charge in [0, 0.05) is 32.4 Å². The summed E-state index contributed by atoms with van der Waals surface area (Å²) in [7, 11) is 0. The minimum Gasteiger partial charge on any atom is -0.379 e. The number of nitrogens with zero attached hydrogens (tertiary/aromatic N) is 5. The minimum atomic E-state index is 0.435. The van der Waals surface area contributed by atoms with Crippen LogP contribution in [-0.2, 0) is 24.2 Å². The summed E-state index contributed by atoms with van der Waals surface area (Å²) in [6.07, 6.45) is 8.19. The van der Waals surface area contributed by atoms with Crippen molar-refractivity contribution in [2.24, 2.45) is 5.92 Å². The van der Waals surface area contributed by atoms with Gasteiger partial charge in [0.25, 0.3) is 0 Å². The fourth-order valence-electron chi connectivity index (χ4n) is 6.25. The lowest BCUT2D eigenvalue weighted by atomic mass is 9.77. The molecule has 3 aliphatic rings. The lowest BCUT2D eigenvalue weighted by molar-refractivity contribution is 0.0368. The molecule has 33 heavy (non-hydrogen) atoms. The largest absolute Gasteiger partial charge is 0.379 e. The van der Waals surface area contributed by atoms with Crippen LogP contribution in [0.5, 0.6) is 0 Å². The van der Waals surface area contributed by atoms with Gasteiger partial charge in [-0.1, -0.05) is 18.2 Å². The zero-order valence-electron chi connectivity index (χ0n) is 19.5. The number of aryl methyl sites for hydroxylation is 2. The number of para-hydroxylation sites is 2. The van der Waals surface area contributed by atoms with Crippen LogP contribution >= 0.6 is 0 Å². The van der Waals surface area contributed by atoms with Crippen LogP contribution in [0.2, 0.25) is 0 Å². The zero-order chi connectivity index (χ0) is 22.0. The lowest BCUT2D eigenvalue weighted by Crippen LogP contribution is -2.42. The molecule has 6 rings (SSSR count). The van der Waals surface area contributed by atoms with Gasteiger partial charge < -0.3 is 9.30 Å². The summed E-state index contributed by atoms with van der Waals surface area (Å²) >= 11 is 0. The third kappa shape index (κ3) is 4.32. The predicted octanol–water partition coefficient (Wildman–Crippen LogP) is 4.05. The predicted molar refractivity (Wildman–Crippen MR) is 130 cm³/mol. The molecule has 2 aliphatic heterocycles. The van der Waals surface area contributed by atoms with E-state index in [2.05, 4.69) is 50.8 Å². The lowest BCUT2D eigenvalue weighted by Gasteiger charge is -2.44. The molecule has 2 atom stereocenters. The molecule has 0 N–H and O–H groups in total. The smallest absolute Gasteiger partial charge is 0.124 e. The van der Waals surface area contributed by atoms with E-state index in [0.717, 1.165) is 70.3 Å². The summed E-state index contributed by atoms with van der Waals surface area (Å²) in [5, 5.41) is 0. The molecule has 2 saturated heterocycles. The molecule has 0 radical (unpaired) electrons. The Kier molecular flexibility index (Phi) is 6.14. The molecule has 0 bridgehead atoms. The third-order valence-corrected chi connectivity index (χ3v) is 7.89. The van der Waals surface area contributed by atoms with Crippen molar-refractivity contribution in [3.8, 4) is 0 Å². The van der Waals surface area contributed by atoms with E-state index in [-0.39, 0.29) is 0 Å². The van der Waals surface area contributed by atoms with Crippen molar-refractivity contribution in [2.75, 3.05) is 39.4 Å². The number of ether oxygens (including phenoxy) is 1. The number of benzene rings is 1. The van der Waals surface area contributed by atoms with Crippen LogP contribution in [0.15, 0.2) is 42.6 Å². The number of hydrogen-bond donors (Lipinski definition) is 0. The van der Waals surface area contributed by atoms with Crippen LogP contribution in [0.4, 0.5) is 0 Å². The second kappa shape index (κ2) is 9.53. The number of fused-ring (bicyclic) bond motifs is 4. The fourth-order valence-corrected chi connectivity index (χ4v) is 6.25. The van der Waals surface area contributed by atoms with Gasteiger partial charge in [0.2, 0.25) is 0 Å². The molecule has 2 aromatic heterocycles.